The number of benzene rings is 7. The normalized spacial score (nSPS) is 16.3. The molecule has 0 N–H and O–H groups in total. The average Bonchev–Trinajstić information content (AvgIpc) is 3.79. The summed E-state index contributed by atoms with van der Waals surface area (Å²) in [4.78, 5) is 15.3. The lowest BCUT2D eigenvalue weighted by molar-refractivity contribution is 0.278. The molecule has 0 saturated carbocycles. The standard InChI is InChI=1S/C47H29N3O2/c1-2-13-29(14-3-1)45-48-46(31-25-24-28-12-4-5-15-30(28)26-31)50-47(49-45)37-21-11-23-40-43(37)36-20-10-19-34(44(36)52-40)38-27-41-42(33-17-7-6-16-32(33)38)35-18-8-9-22-39(35)51-41/h1-27,36,44H. The van der Waals surface area contributed by atoms with Gasteiger partial charge in [-0.3, -0.25) is 0 Å². The van der Waals surface area contributed by atoms with E-state index in [1.807, 2.05) is 48.5 Å². The van der Waals surface area contributed by atoms with E-state index in [1.54, 1.807) is 0 Å². The lowest BCUT2D eigenvalue weighted by Crippen LogP contribution is -2.21. The Morgan fingerprint density at radius 3 is 2.12 bits per heavy atom. The second-order valence-electron chi connectivity index (χ2n) is 13.5. The Kier molecular flexibility index (Phi) is 6.31. The van der Waals surface area contributed by atoms with Gasteiger partial charge in [0.05, 0.1) is 0 Å². The third-order valence-corrected chi connectivity index (χ3v) is 10.5. The van der Waals surface area contributed by atoms with E-state index in [0.29, 0.717) is 17.5 Å². The maximum absolute atomic E-state index is 6.92. The zero-order valence-corrected chi connectivity index (χ0v) is 27.9. The van der Waals surface area contributed by atoms with Crippen LogP contribution in [-0.4, -0.2) is 21.1 Å². The monoisotopic (exact) mass is 667 g/mol. The number of furan rings is 1. The van der Waals surface area contributed by atoms with Crippen LogP contribution in [0, 0.1) is 0 Å². The number of fused-ring (bicyclic) bond motifs is 9. The summed E-state index contributed by atoms with van der Waals surface area (Å²) in [6.07, 6.45) is 6.36. The lowest BCUT2D eigenvalue weighted by Gasteiger charge is -2.24. The smallest absolute Gasteiger partial charge is 0.164 e. The van der Waals surface area contributed by atoms with Crippen molar-refractivity contribution in [2.75, 3.05) is 0 Å². The van der Waals surface area contributed by atoms with Crippen molar-refractivity contribution in [1.82, 2.24) is 15.0 Å². The zero-order chi connectivity index (χ0) is 34.2. The maximum Gasteiger partial charge on any atom is 0.164 e. The molecule has 0 saturated heterocycles. The summed E-state index contributed by atoms with van der Waals surface area (Å²) < 4.78 is 13.4. The van der Waals surface area contributed by atoms with Crippen LogP contribution in [0.1, 0.15) is 17.0 Å². The highest BCUT2D eigenvalue weighted by Crippen LogP contribution is 2.51. The number of allylic oxidation sites excluding steroid dienone is 2. The number of rotatable bonds is 4. The number of nitrogens with zero attached hydrogens (tertiary/aromatic N) is 3. The summed E-state index contributed by atoms with van der Waals surface area (Å²) in [5.41, 5.74) is 7.89. The van der Waals surface area contributed by atoms with Crippen LogP contribution in [0.5, 0.6) is 5.75 Å². The van der Waals surface area contributed by atoms with Crippen molar-refractivity contribution in [2.45, 2.75) is 12.0 Å². The number of hydrogen-bond acceptors (Lipinski definition) is 5. The molecule has 2 unspecified atom stereocenters. The quantitative estimate of drug-likeness (QED) is 0.187. The third-order valence-electron chi connectivity index (χ3n) is 10.5. The molecular formula is C47H29N3O2. The largest absolute Gasteiger partial charge is 0.484 e. The molecule has 2 aromatic heterocycles. The Labute approximate surface area is 299 Å². The highest BCUT2D eigenvalue weighted by Gasteiger charge is 2.40. The van der Waals surface area contributed by atoms with Gasteiger partial charge in [0.2, 0.25) is 0 Å². The van der Waals surface area contributed by atoms with E-state index >= 15 is 0 Å². The van der Waals surface area contributed by atoms with Crippen LogP contribution in [0.3, 0.4) is 0 Å². The fourth-order valence-corrected chi connectivity index (χ4v) is 8.12. The Morgan fingerprint density at radius 2 is 1.23 bits per heavy atom. The van der Waals surface area contributed by atoms with Gasteiger partial charge >= 0.3 is 0 Å². The molecule has 244 valence electrons. The van der Waals surface area contributed by atoms with E-state index in [1.165, 1.54) is 16.2 Å². The SMILES string of the molecule is C1=CC2c3c(cccc3-c3nc(-c4ccccc4)nc(-c4ccc5ccccc5c4)n3)OC2C(c2cc3oc4ccccc4c3c3ccccc23)=C1. The first kappa shape index (κ1) is 28.9. The first-order valence-electron chi connectivity index (χ1n) is 17.6. The second kappa shape index (κ2) is 11.3. The molecule has 5 nitrogen and oxygen atoms in total. The van der Waals surface area contributed by atoms with Crippen LogP contribution in [0.4, 0.5) is 0 Å². The summed E-state index contributed by atoms with van der Waals surface area (Å²) in [6.45, 7) is 0. The summed E-state index contributed by atoms with van der Waals surface area (Å²) in [6, 6.07) is 50.1. The molecule has 7 aromatic carbocycles. The van der Waals surface area contributed by atoms with E-state index in [0.717, 1.165) is 66.5 Å². The molecular weight excluding hydrogens is 639 g/mol. The molecule has 2 atom stereocenters. The predicted molar refractivity (Wildman–Crippen MR) is 209 cm³/mol. The van der Waals surface area contributed by atoms with E-state index in [9.17, 15) is 0 Å². The van der Waals surface area contributed by atoms with Crippen molar-refractivity contribution in [3.05, 3.63) is 175 Å². The molecule has 0 fully saturated rings. The lowest BCUT2D eigenvalue weighted by atomic mass is 9.81. The Bertz CT molecular complexity index is 2960. The molecule has 9 aromatic rings. The van der Waals surface area contributed by atoms with E-state index in [4.69, 9.17) is 24.1 Å². The summed E-state index contributed by atoms with van der Waals surface area (Å²) in [7, 11) is 0. The summed E-state index contributed by atoms with van der Waals surface area (Å²) in [5, 5.41) is 6.92. The number of aromatic nitrogens is 3. The van der Waals surface area contributed by atoms with Gasteiger partial charge in [-0.15, -0.1) is 0 Å². The van der Waals surface area contributed by atoms with Crippen molar-refractivity contribution < 1.29 is 9.15 Å². The van der Waals surface area contributed by atoms with Crippen LogP contribution >= 0.6 is 0 Å². The van der Waals surface area contributed by atoms with Crippen LogP contribution in [0.2, 0.25) is 0 Å². The number of hydrogen-bond donors (Lipinski definition) is 0. The van der Waals surface area contributed by atoms with E-state index in [-0.39, 0.29) is 12.0 Å². The topological polar surface area (TPSA) is 61.0 Å². The van der Waals surface area contributed by atoms with Gasteiger partial charge in [-0.05, 0) is 51.4 Å². The minimum absolute atomic E-state index is 0.0441. The van der Waals surface area contributed by atoms with Gasteiger partial charge in [0, 0.05) is 44.5 Å². The van der Waals surface area contributed by atoms with Gasteiger partial charge in [0.25, 0.3) is 0 Å². The van der Waals surface area contributed by atoms with E-state index < -0.39 is 0 Å². The molecule has 0 bridgehead atoms. The number of ether oxygens (including phenoxy) is 1. The van der Waals surface area contributed by atoms with Crippen molar-refractivity contribution in [3.63, 3.8) is 0 Å². The first-order chi connectivity index (χ1) is 25.8. The van der Waals surface area contributed by atoms with Gasteiger partial charge < -0.3 is 9.15 Å². The highest BCUT2D eigenvalue weighted by molar-refractivity contribution is 6.21. The molecule has 5 heteroatoms. The van der Waals surface area contributed by atoms with Crippen LogP contribution in [0.25, 0.3) is 83.2 Å². The molecule has 11 rings (SSSR count). The molecule has 0 radical (unpaired) electrons. The average molecular weight is 668 g/mol. The zero-order valence-electron chi connectivity index (χ0n) is 27.9. The van der Waals surface area contributed by atoms with Crippen molar-refractivity contribution in [3.8, 4) is 39.9 Å². The summed E-state index contributed by atoms with van der Waals surface area (Å²) in [5.74, 6) is 2.68. The minimum Gasteiger partial charge on any atom is -0.484 e. The number of para-hydroxylation sites is 1. The third kappa shape index (κ3) is 4.46. The van der Waals surface area contributed by atoms with Gasteiger partial charge in [-0.2, -0.15) is 0 Å². The molecule has 52 heavy (non-hydrogen) atoms. The Balaban J connectivity index is 1.06. The minimum atomic E-state index is -0.234. The van der Waals surface area contributed by atoms with Gasteiger partial charge in [0.15, 0.2) is 17.5 Å². The fraction of sp³-hybridized carbons (Fsp3) is 0.0426. The summed E-state index contributed by atoms with van der Waals surface area (Å²) >= 11 is 0. The first-order valence-corrected chi connectivity index (χ1v) is 17.6. The fourth-order valence-electron chi connectivity index (χ4n) is 8.12. The highest BCUT2D eigenvalue weighted by atomic mass is 16.5. The van der Waals surface area contributed by atoms with Crippen LogP contribution in [0.15, 0.2) is 168 Å². The molecule has 2 aliphatic rings. The molecule has 3 heterocycles. The van der Waals surface area contributed by atoms with Gasteiger partial charge in [-0.1, -0.05) is 140 Å². The van der Waals surface area contributed by atoms with Gasteiger partial charge in [-0.25, -0.2) is 15.0 Å². The van der Waals surface area contributed by atoms with Crippen LogP contribution < -0.4 is 4.74 Å². The Hall–Kier alpha value is -6.85. The molecule has 0 amide bonds. The molecule has 1 aliphatic heterocycles. The second-order valence-corrected chi connectivity index (χ2v) is 13.5. The molecule has 0 spiro atoms. The van der Waals surface area contributed by atoms with Crippen molar-refractivity contribution in [1.29, 1.82) is 0 Å². The Morgan fingerprint density at radius 1 is 0.500 bits per heavy atom. The van der Waals surface area contributed by atoms with E-state index in [2.05, 4.69) is 115 Å². The molecule has 1 aliphatic carbocycles. The maximum atomic E-state index is 6.92. The van der Waals surface area contributed by atoms with Crippen LogP contribution in [-0.2, 0) is 0 Å². The van der Waals surface area contributed by atoms with Gasteiger partial charge in [0.1, 0.15) is 23.0 Å². The van der Waals surface area contributed by atoms with Crippen molar-refractivity contribution >= 4 is 49.1 Å². The van der Waals surface area contributed by atoms with Crippen molar-refractivity contribution in [2.24, 2.45) is 0 Å². The predicted octanol–water partition coefficient (Wildman–Crippen LogP) is 11.6.